The van der Waals surface area contributed by atoms with E-state index in [1.807, 2.05) is 6.07 Å². The fraction of sp³-hybridized carbons (Fsp3) is 0.385. The molecule has 0 atom stereocenters. The lowest BCUT2D eigenvalue weighted by molar-refractivity contribution is 0.439. The van der Waals surface area contributed by atoms with Gasteiger partial charge in [-0.25, -0.2) is 9.97 Å². The number of halogens is 1. The summed E-state index contributed by atoms with van der Waals surface area (Å²) in [5.74, 6) is 2.19. The molecule has 0 amide bonds. The van der Waals surface area contributed by atoms with Crippen LogP contribution in [0.15, 0.2) is 16.5 Å². The number of nitrogens with zero attached hydrogens (tertiary/aromatic N) is 2. The Labute approximate surface area is 114 Å². The van der Waals surface area contributed by atoms with Gasteiger partial charge in [-0.3, -0.25) is 0 Å². The molecule has 0 saturated carbocycles. The number of fused-ring (bicyclic) bond motifs is 2. The van der Waals surface area contributed by atoms with Gasteiger partial charge in [-0.1, -0.05) is 19.9 Å². The molecule has 0 N–H and O–H groups in total. The maximum absolute atomic E-state index is 5.81. The summed E-state index contributed by atoms with van der Waals surface area (Å²) in [6, 6.07) is 4.20. The number of oxazole rings is 1. The lowest BCUT2D eigenvalue weighted by atomic mass is 9.98. The zero-order chi connectivity index (χ0) is 12.0. The highest BCUT2D eigenvalue weighted by Crippen LogP contribution is 2.28. The average molecular weight is 340 g/mol. The molecule has 1 aliphatic rings. The molecule has 17 heavy (non-hydrogen) atoms. The fourth-order valence-electron chi connectivity index (χ4n) is 2.08. The zero-order valence-electron chi connectivity index (χ0n) is 9.83. The normalized spacial score (nSPS) is 13.6. The summed E-state index contributed by atoms with van der Waals surface area (Å²) < 4.78 is 6.85. The van der Waals surface area contributed by atoms with Crippen molar-refractivity contribution < 1.29 is 4.42 Å². The van der Waals surface area contributed by atoms with Crippen LogP contribution in [-0.2, 0) is 12.8 Å². The molecule has 1 aliphatic carbocycles. The lowest BCUT2D eigenvalue weighted by Gasteiger charge is -2.12. The second-order valence-electron chi connectivity index (χ2n) is 4.67. The first-order chi connectivity index (χ1) is 8.13. The summed E-state index contributed by atoms with van der Waals surface area (Å²) in [4.78, 5) is 9.14. The standard InChI is InChI=1S/C13H13IN2O/c1-7(2)13-16-10-5-8-3-4-12(14)15-9(8)6-11(10)17-13/h3-4,7H,5-6H2,1-2H3. The van der Waals surface area contributed by atoms with E-state index in [0.29, 0.717) is 5.92 Å². The first-order valence-electron chi connectivity index (χ1n) is 5.76. The van der Waals surface area contributed by atoms with Crippen molar-refractivity contribution >= 4 is 22.6 Å². The van der Waals surface area contributed by atoms with Gasteiger partial charge in [0.05, 0.1) is 17.8 Å². The number of hydrogen-bond donors (Lipinski definition) is 0. The van der Waals surface area contributed by atoms with Gasteiger partial charge >= 0.3 is 0 Å². The van der Waals surface area contributed by atoms with Gasteiger partial charge in [0, 0.05) is 12.3 Å². The lowest BCUT2D eigenvalue weighted by Crippen LogP contribution is -2.08. The van der Waals surface area contributed by atoms with E-state index >= 15 is 0 Å². The van der Waals surface area contributed by atoms with E-state index in [-0.39, 0.29) is 0 Å². The van der Waals surface area contributed by atoms with E-state index < -0.39 is 0 Å². The quantitative estimate of drug-likeness (QED) is 0.504. The van der Waals surface area contributed by atoms with Gasteiger partial charge in [0.1, 0.15) is 9.46 Å². The summed E-state index contributed by atoms with van der Waals surface area (Å²) in [6.45, 7) is 4.21. The number of hydrogen-bond acceptors (Lipinski definition) is 3. The van der Waals surface area contributed by atoms with E-state index in [1.165, 1.54) is 5.56 Å². The highest BCUT2D eigenvalue weighted by molar-refractivity contribution is 14.1. The smallest absolute Gasteiger partial charge is 0.197 e. The third-order valence-electron chi connectivity index (χ3n) is 3.01. The van der Waals surface area contributed by atoms with E-state index in [1.54, 1.807) is 0 Å². The minimum absolute atomic E-state index is 0.344. The first kappa shape index (κ1) is 11.2. The molecule has 0 spiro atoms. The number of aromatic nitrogens is 2. The van der Waals surface area contributed by atoms with Gasteiger partial charge in [-0.05, 0) is 34.2 Å². The predicted octanol–water partition coefficient (Wildman–Crippen LogP) is 3.29. The average Bonchev–Trinajstić information content (AvgIpc) is 2.68. The van der Waals surface area contributed by atoms with Gasteiger partial charge in [0.25, 0.3) is 0 Å². The molecule has 0 bridgehead atoms. The Bertz CT molecular complexity index is 575. The molecule has 3 nitrogen and oxygen atoms in total. The third kappa shape index (κ3) is 1.99. The second-order valence-corrected chi connectivity index (χ2v) is 5.78. The third-order valence-corrected chi connectivity index (χ3v) is 3.61. The van der Waals surface area contributed by atoms with Crippen molar-refractivity contribution in [1.82, 2.24) is 9.97 Å². The number of pyridine rings is 1. The van der Waals surface area contributed by atoms with Gasteiger partial charge < -0.3 is 4.42 Å². The SMILES string of the molecule is CC(C)c1nc2c(o1)Cc1nc(I)ccc1C2. The van der Waals surface area contributed by atoms with E-state index in [0.717, 1.165) is 39.6 Å². The fourth-order valence-corrected chi connectivity index (χ4v) is 2.55. The Balaban J connectivity index is 2.02. The molecular formula is C13H13IN2O. The van der Waals surface area contributed by atoms with Gasteiger partial charge in [-0.15, -0.1) is 0 Å². The molecule has 0 aromatic carbocycles. The van der Waals surface area contributed by atoms with Crippen molar-refractivity contribution in [2.75, 3.05) is 0 Å². The van der Waals surface area contributed by atoms with Crippen LogP contribution in [-0.4, -0.2) is 9.97 Å². The largest absolute Gasteiger partial charge is 0.445 e. The van der Waals surface area contributed by atoms with Crippen molar-refractivity contribution in [1.29, 1.82) is 0 Å². The molecule has 0 saturated heterocycles. The molecule has 4 heteroatoms. The van der Waals surface area contributed by atoms with E-state index in [4.69, 9.17) is 4.42 Å². The van der Waals surface area contributed by atoms with Gasteiger partial charge in [0.15, 0.2) is 5.89 Å². The van der Waals surface area contributed by atoms with E-state index in [9.17, 15) is 0 Å². The molecule has 0 fully saturated rings. The first-order valence-corrected chi connectivity index (χ1v) is 6.84. The maximum atomic E-state index is 5.81. The van der Waals surface area contributed by atoms with Gasteiger partial charge in [0.2, 0.25) is 0 Å². The molecule has 3 rings (SSSR count). The van der Waals surface area contributed by atoms with Crippen molar-refractivity contribution in [3.63, 3.8) is 0 Å². The molecular weight excluding hydrogens is 327 g/mol. The molecule has 0 unspecified atom stereocenters. The van der Waals surface area contributed by atoms with Crippen molar-refractivity contribution in [2.45, 2.75) is 32.6 Å². The summed E-state index contributed by atoms with van der Waals surface area (Å²) in [5, 5.41) is 0. The number of rotatable bonds is 1. The van der Waals surface area contributed by atoms with Crippen molar-refractivity contribution in [2.24, 2.45) is 0 Å². The minimum atomic E-state index is 0.344. The Morgan fingerprint density at radius 1 is 1.18 bits per heavy atom. The Morgan fingerprint density at radius 3 is 2.76 bits per heavy atom. The zero-order valence-corrected chi connectivity index (χ0v) is 12.0. The van der Waals surface area contributed by atoms with Crippen LogP contribution in [0.1, 0.15) is 48.4 Å². The van der Waals surface area contributed by atoms with Crippen molar-refractivity contribution in [3.8, 4) is 0 Å². The minimum Gasteiger partial charge on any atom is -0.445 e. The Kier molecular flexibility index (Phi) is 2.69. The molecule has 2 heterocycles. The molecule has 88 valence electrons. The maximum Gasteiger partial charge on any atom is 0.197 e. The van der Waals surface area contributed by atoms with Crippen LogP contribution in [0.5, 0.6) is 0 Å². The van der Waals surface area contributed by atoms with E-state index in [2.05, 4.69) is 52.5 Å². The van der Waals surface area contributed by atoms with Crippen LogP contribution in [0.4, 0.5) is 0 Å². The topological polar surface area (TPSA) is 38.9 Å². The summed E-state index contributed by atoms with van der Waals surface area (Å²) >= 11 is 2.24. The van der Waals surface area contributed by atoms with Crippen LogP contribution in [0, 0.1) is 3.70 Å². The molecule has 2 aromatic heterocycles. The summed E-state index contributed by atoms with van der Waals surface area (Å²) in [7, 11) is 0. The highest BCUT2D eigenvalue weighted by atomic mass is 127. The summed E-state index contributed by atoms with van der Waals surface area (Å²) in [5.41, 5.74) is 3.50. The van der Waals surface area contributed by atoms with Crippen LogP contribution >= 0.6 is 22.6 Å². The molecule has 2 aromatic rings. The van der Waals surface area contributed by atoms with Crippen molar-refractivity contribution in [3.05, 3.63) is 44.4 Å². The van der Waals surface area contributed by atoms with Crippen LogP contribution in [0.25, 0.3) is 0 Å². The Morgan fingerprint density at radius 2 is 2.00 bits per heavy atom. The monoisotopic (exact) mass is 340 g/mol. The Hall–Kier alpha value is -0.910. The predicted molar refractivity (Wildman–Crippen MR) is 73.2 cm³/mol. The van der Waals surface area contributed by atoms with Gasteiger partial charge in [-0.2, -0.15) is 0 Å². The second kappa shape index (κ2) is 4.08. The van der Waals surface area contributed by atoms with Crippen LogP contribution < -0.4 is 0 Å². The molecule has 0 aliphatic heterocycles. The van der Waals surface area contributed by atoms with Crippen LogP contribution in [0.3, 0.4) is 0 Å². The van der Waals surface area contributed by atoms with Crippen LogP contribution in [0.2, 0.25) is 0 Å². The molecule has 0 radical (unpaired) electrons. The highest BCUT2D eigenvalue weighted by Gasteiger charge is 2.23. The summed E-state index contributed by atoms with van der Waals surface area (Å²) in [6.07, 6.45) is 1.63.